The van der Waals surface area contributed by atoms with Crippen LogP contribution in [0.5, 0.6) is 0 Å². The number of amides is 1. The van der Waals surface area contributed by atoms with Crippen LogP contribution in [0.25, 0.3) is 0 Å². The van der Waals surface area contributed by atoms with E-state index in [2.05, 4.69) is 5.10 Å². The smallest absolute Gasteiger partial charge is 0.309 e. The van der Waals surface area contributed by atoms with Gasteiger partial charge in [-0.15, -0.1) is 0 Å². The molecule has 0 aromatic heterocycles. The molecule has 2 atom stereocenters. The fraction of sp³-hybridized carbons (Fsp3) is 0.571. The molecule has 2 fully saturated rings. The van der Waals surface area contributed by atoms with Gasteiger partial charge in [-0.3, -0.25) is 14.6 Å². The van der Waals surface area contributed by atoms with E-state index in [1.165, 1.54) is 0 Å². The zero-order valence-corrected chi connectivity index (χ0v) is 16.2. The molecule has 0 bridgehead atoms. The summed E-state index contributed by atoms with van der Waals surface area (Å²) in [4.78, 5) is 26.1. The number of rotatable bonds is 4. The zero-order chi connectivity index (χ0) is 19.7. The first kappa shape index (κ1) is 18.9. The first-order chi connectivity index (χ1) is 13.5. The lowest BCUT2D eigenvalue weighted by Gasteiger charge is -2.35. The topological polar surface area (TPSA) is 82.4 Å². The molecule has 1 N–H and O–H groups in total. The number of carboxylic acids is 1. The Balaban J connectivity index is 1.34. The fourth-order valence-corrected chi connectivity index (χ4v) is 4.49. The number of carbonyl (C=O) groups is 2. The van der Waals surface area contributed by atoms with Crippen LogP contribution in [-0.2, 0) is 9.53 Å². The minimum absolute atomic E-state index is 0.0354. The summed E-state index contributed by atoms with van der Waals surface area (Å²) >= 11 is 0. The molecule has 0 spiro atoms. The van der Waals surface area contributed by atoms with Gasteiger partial charge in [-0.2, -0.15) is 5.10 Å². The molecule has 150 valence electrons. The summed E-state index contributed by atoms with van der Waals surface area (Å²) in [5.41, 5.74) is 2.81. The van der Waals surface area contributed by atoms with Crippen molar-refractivity contribution in [3.05, 3.63) is 29.8 Å². The van der Waals surface area contributed by atoms with Gasteiger partial charge in [0.2, 0.25) is 0 Å². The van der Waals surface area contributed by atoms with Gasteiger partial charge >= 0.3 is 5.97 Å². The number of anilines is 1. The molecule has 1 unspecified atom stereocenters. The van der Waals surface area contributed by atoms with Crippen LogP contribution in [0.15, 0.2) is 29.4 Å². The highest BCUT2D eigenvalue weighted by atomic mass is 16.5. The Morgan fingerprint density at radius 1 is 1.11 bits per heavy atom. The third-order valence-electron chi connectivity index (χ3n) is 6.13. The van der Waals surface area contributed by atoms with E-state index in [9.17, 15) is 14.7 Å². The normalized spacial score (nSPS) is 25.8. The Bertz CT molecular complexity index is 768. The van der Waals surface area contributed by atoms with Gasteiger partial charge in [0.05, 0.1) is 17.7 Å². The number of carboxylic acid groups (broad SMARTS) is 1. The van der Waals surface area contributed by atoms with Crippen molar-refractivity contribution in [3.8, 4) is 0 Å². The zero-order valence-electron chi connectivity index (χ0n) is 16.2. The lowest BCUT2D eigenvalue weighted by molar-refractivity contribution is -0.145. The van der Waals surface area contributed by atoms with Crippen LogP contribution in [0.1, 0.15) is 43.0 Å². The van der Waals surface area contributed by atoms with Crippen molar-refractivity contribution in [1.82, 2.24) is 4.90 Å². The monoisotopic (exact) mass is 385 g/mol. The number of hydrazone groups is 1. The van der Waals surface area contributed by atoms with Crippen LogP contribution in [0.4, 0.5) is 5.69 Å². The molecule has 0 radical (unpaired) electrons. The molecule has 2 saturated heterocycles. The summed E-state index contributed by atoms with van der Waals surface area (Å²) in [5, 5.41) is 15.8. The largest absolute Gasteiger partial charge is 0.481 e. The van der Waals surface area contributed by atoms with E-state index in [1.807, 2.05) is 41.1 Å². The molecule has 1 aromatic rings. The van der Waals surface area contributed by atoms with Gasteiger partial charge in [0, 0.05) is 43.9 Å². The average Bonchev–Trinajstić information content (AvgIpc) is 3.37. The molecular formula is C21H27N3O4. The van der Waals surface area contributed by atoms with Crippen LogP contribution < -0.4 is 5.01 Å². The molecular weight excluding hydrogens is 358 g/mol. The van der Waals surface area contributed by atoms with Gasteiger partial charge in [-0.1, -0.05) is 0 Å². The third kappa shape index (κ3) is 3.76. The van der Waals surface area contributed by atoms with Gasteiger partial charge in [-0.25, -0.2) is 0 Å². The first-order valence-corrected chi connectivity index (χ1v) is 10.1. The maximum Gasteiger partial charge on any atom is 0.309 e. The van der Waals surface area contributed by atoms with Gasteiger partial charge in [0.1, 0.15) is 0 Å². The molecule has 3 aliphatic heterocycles. The van der Waals surface area contributed by atoms with Crippen molar-refractivity contribution in [2.24, 2.45) is 16.9 Å². The Kier molecular flexibility index (Phi) is 5.35. The average molecular weight is 385 g/mol. The number of carbonyl (C=O) groups excluding carboxylic acids is 1. The predicted molar refractivity (Wildman–Crippen MR) is 106 cm³/mol. The van der Waals surface area contributed by atoms with Crippen molar-refractivity contribution in [2.45, 2.75) is 38.7 Å². The molecule has 3 heterocycles. The van der Waals surface area contributed by atoms with E-state index in [0.29, 0.717) is 31.7 Å². The molecule has 1 amide bonds. The van der Waals surface area contributed by atoms with Crippen LogP contribution in [-0.4, -0.2) is 59.9 Å². The summed E-state index contributed by atoms with van der Waals surface area (Å²) in [6.45, 7) is 4.72. The molecule has 28 heavy (non-hydrogen) atoms. The Labute approximate surface area is 165 Å². The number of hydrogen-bond donors (Lipinski definition) is 1. The summed E-state index contributed by atoms with van der Waals surface area (Å²) in [5.74, 6) is -0.921. The molecule has 3 aliphatic rings. The molecule has 0 saturated carbocycles. The van der Waals surface area contributed by atoms with Crippen molar-refractivity contribution in [1.29, 1.82) is 0 Å². The minimum Gasteiger partial charge on any atom is -0.481 e. The van der Waals surface area contributed by atoms with Crippen molar-refractivity contribution >= 4 is 23.3 Å². The minimum atomic E-state index is -0.765. The number of aliphatic carboxylic acids is 1. The molecule has 1 aromatic carbocycles. The highest BCUT2D eigenvalue weighted by Gasteiger charge is 2.40. The number of hydrogen-bond acceptors (Lipinski definition) is 5. The highest BCUT2D eigenvalue weighted by molar-refractivity contribution is 5.94. The lowest BCUT2D eigenvalue weighted by Crippen LogP contribution is -2.43. The molecule has 7 heteroatoms. The predicted octanol–water partition coefficient (Wildman–Crippen LogP) is 2.61. The van der Waals surface area contributed by atoms with Crippen molar-refractivity contribution in [3.63, 3.8) is 0 Å². The SMILES string of the molecule is CC1=NN(c2ccc(C(=O)N3CCC([C@@H]4OCCC4C(=O)O)CC3)cc2)CC1. The Hall–Kier alpha value is -2.41. The summed E-state index contributed by atoms with van der Waals surface area (Å²) in [7, 11) is 0. The lowest BCUT2D eigenvalue weighted by atomic mass is 9.84. The summed E-state index contributed by atoms with van der Waals surface area (Å²) < 4.78 is 5.72. The second-order valence-corrected chi connectivity index (χ2v) is 7.95. The number of nitrogens with zero attached hydrogens (tertiary/aromatic N) is 3. The standard InChI is InChI=1S/C21H27N3O4/c1-14-6-12-24(22-14)17-4-2-16(3-5-17)20(25)23-10-7-15(8-11-23)19-18(21(26)27)9-13-28-19/h2-5,15,18-19H,6-13H2,1H3,(H,26,27)/t18?,19-/m0/s1. The van der Waals surface area contributed by atoms with Crippen LogP contribution in [0.3, 0.4) is 0 Å². The van der Waals surface area contributed by atoms with Crippen LogP contribution >= 0.6 is 0 Å². The molecule has 4 rings (SSSR count). The summed E-state index contributed by atoms with van der Waals surface area (Å²) in [6, 6.07) is 7.64. The number of piperidine rings is 1. The highest BCUT2D eigenvalue weighted by Crippen LogP contribution is 2.33. The van der Waals surface area contributed by atoms with Gasteiger partial charge in [0.15, 0.2) is 0 Å². The van der Waals surface area contributed by atoms with Gasteiger partial charge < -0.3 is 14.7 Å². The van der Waals surface area contributed by atoms with E-state index in [1.54, 1.807) is 0 Å². The van der Waals surface area contributed by atoms with Crippen molar-refractivity contribution in [2.75, 3.05) is 31.3 Å². The number of ether oxygens (including phenoxy) is 1. The second kappa shape index (κ2) is 7.91. The van der Waals surface area contributed by atoms with E-state index in [4.69, 9.17) is 4.74 Å². The number of likely N-dealkylation sites (tertiary alicyclic amines) is 1. The van der Waals surface area contributed by atoms with Crippen molar-refractivity contribution < 1.29 is 19.4 Å². The second-order valence-electron chi connectivity index (χ2n) is 7.95. The van der Waals surface area contributed by atoms with E-state index in [0.717, 1.165) is 37.2 Å². The van der Waals surface area contributed by atoms with Crippen LogP contribution in [0.2, 0.25) is 0 Å². The first-order valence-electron chi connectivity index (χ1n) is 10.1. The van der Waals surface area contributed by atoms with E-state index < -0.39 is 11.9 Å². The Morgan fingerprint density at radius 3 is 2.43 bits per heavy atom. The van der Waals surface area contributed by atoms with E-state index in [-0.39, 0.29) is 17.9 Å². The quantitative estimate of drug-likeness (QED) is 0.862. The van der Waals surface area contributed by atoms with Gasteiger partial charge in [0.25, 0.3) is 5.91 Å². The third-order valence-corrected chi connectivity index (χ3v) is 6.13. The molecule has 0 aliphatic carbocycles. The number of benzene rings is 1. The summed E-state index contributed by atoms with van der Waals surface area (Å²) in [6.07, 6.45) is 2.94. The van der Waals surface area contributed by atoms with Gasteiger partial charge in [-0.05, 0) is 56.4 Å². The molecule has 7 nitrogen and oxygen atoms in total. The Morgan fingerprint density at radius 2 is 1.82 bits per heavy atom. The van der Waals surface area contributed by atoms with Crippen LogP contribution in [0, 0.1) is 11.8 Å². The van der Waals surface area contributed by atoms with E-state index >= 15 is 0 Å². The maximum absolute atomic E-state index is 12.8. The maximum atomic E-state index is 12.8. The fourth-order valence-electron chi connectivity index (χ4n) is 4.49.